The predicted molar refractivity (Wildman–Crippen MR) is 259 cm³/mol. The van der Waals surface area contributed by atoms with Gasteiger partial charge in [-0.3, -0.25) is 14.9 Å². The number of anilines is 1. The molecule has 3 atom stereocenters. The van der Waals surface area contributed by atoms with Gasteiger partial charge in [-0.25, -0.2) is 18.6 Å². The summed E-state index contributed by atoms with van der Waals surface area (Å²) in [5.41, 5.74) is 7.67. The minimum Gasteiger partial charge on any atom is -0.543 e. The number of pyridine rings is 1. The molecule has 3 saturated heterocycles. The number of nitrogens with one attached hydrogen (secondary N) is 1. The van der Waals surface area contributed by atoms with Crippen LogP contribution in [0.2, 0.25) is 33.2 Å². The number of β-amino-alcohol motifs (C(OH)–C–C–N with tert-alkyl or cyclic N) is 1. The molecular weight excluding hydrogens is 846 g/mol. The summed E-state index contributed by atoms with van der Waals surface area (Å²) in [5, 5.41) is 14.3. The lowest BCUT2D eigenvalue weighted by Gasteiger charge is -2.42. The van der Waals surface area contributed by atoms with E-state index in [0.29, 0.717) is 75.8 Å². The molecule has 2 aromatic carbocycles. The Labute approximate surface area is 381 Å². The summed E-state index contributed by atoms with van der Waals surface area (Å²) in [6, 6.07) is 6.89. The van der Waals surface area contributed by atoms with Gasteiger partial charge in [-0.2, -0.15) is 9.97 Å². The number of alkyl halides is 1. The van der Waals surface area contributed by atoms with Crippen molar-refractivity contribution in [3.05, 3.63) is 47.7 Å². The van der Waals surface area contributed by atoms with Gasteiger partial charge >= 0.3 is 6.01 Å². The number of nitrogens with zero attached hydrogens (tertiary/aromatic N) is 5. The summed E-state index contributed by atoms with van der Waals surface area (Å²) in [6.45, 7) is 30.3. The van der Waals surface area contributed by atoms with Crippen molar-refractivity contribution in [3.63, 3.8) is 0 Å². The van der Waals surface area contributed by atoms with Crippen molar-refractivity contribution in [1.82, 2.24) is 25.3 Å². The summed E-state index contributed by atoms with van der Waals surface area (Å²) in [6.07, 6.45) is 3.17. The fourth-order valence-electron chi connectivity index (χ4n) is 12.2. The number of hydrogen-bond acceptors (Lipinski definition) is 9. The van der Waals surface area contributed by atoms with E-state index in [1.54, 1.807) is 24.2 Å². The van der Waals surface area contributed by atoms with Crippen molar-refractivity contribution in [1.29, 1.82) is 0 Å². The highest BCUT2D eigenvalue weighted by atomic mass is 28.4. The molecule has 2 aromatic heterocycles. The van der Waals surface area contributed by atoms with Crippen LogP contribution in [0.1, 0.15) is 121 Å². The average Bonchev–Trinajstić information content (AvgIpc) is 3.74. The molecule has 2 N–H and O–H groups in total. The molecule has 0 bridgehead atoms. The van der Waals surface area contributed by atoms with Crippen LogP contribution in [-0.4, -0.2) is 91.4 Å². The molecule has 0 aliphatic carbocycles. The normalized spacial score (nSPS) is 22.2. The Morgan fingerprint density at radius 3 is 2.22 bits per heavy atom. The Bertz CT molecular complexity index is 2390. The number of ether oxygens (including phenoxy) is 1. The van der Waals surface area contributed by atoms with E-state index in [1.807, 2.05) is 12.1 Å². The van der Waals surface area contributed by atoms with Crippen molar-refractivity contribution in [2.75, 3.05) is 37.8 Å². The molecule has 0 spiro atoms. The number of rotatable bonds is 13. The van der Waals surface area contributed by atoms with Crippen molar-refractivity contribution in [2.45, 2.75) is 166 Å². The van der Waals surface area contributed by atoms with Crippen LogP contribution in [0.25, 0.3) is 32.9 Å². The van der Waals surface area contributed by atoms with E-state index < -0.39 is 45.3 Å². The third kappa shape index (κ3) is 8.57. The fraction of sp³-hybridized carbons (Fsp3) is 0.620. The molecule has 14 heteroatoms. The smallest absolute Gasteiger partial charge is 0.319 e. The Balaban J connectivity index is 1.49. The summed E-state index contributed by atoms with van der Waals surface area (Å²) in [4.78, 5) is 16.6. The van der Waals surface area contributed by atoms with Gasteiger partial charge < -0.3 is 14.3 Å². The molecule has 348 valence electrons. The van der Waals surface area contributed by atoms with E-state index in [9.17, 15) is 9.50 Å². The maximum absolute atomic E-state index is 18.0. The highest BCUT2D eigenvalue weighted by Gasteiger charge is 2.50. The summed E-state index contributed by atoms with van der Waals surface area (Å²) >= 11 is 0. The second-order valence-electron chi connectivity index (χ2n) is 21.2. The number of benzene rings is 2. The van der Waals surface area contributed by atoms with Crippen LogP contribution in [-0.2, 0) is 0 Å². The highest BCUT2D eigenvalue weighted by Crippen LogP contribution is 2.47. The molecule has 0 saturated carbocycles. The van der Waals surface area contributed by atoms with Crippen LogP contribution in [0.15, 0.2) is 30.5 Å². The zero-order chi connectivity index (χ0) is 46.7. The monoisotopic (exact) mass is 917 g/mol. The number of halogens is 3. The third-order valence-electron chi connectivity index (χ3n) is 15.2. The SMILES string of the molecule is CC(C)[Si](C#Cc1c(F)ccc2cc(O[Si](C(C)C)(C(C)C)C(C)C)cc(-c3ncc4c(N5CC(C)(O)CCN5)nc(OC[C@@]56CCCN5C[C@H](F)C6)nc4c3F)c12)(C(C)C)C(C)C. The largest absolute Gasteiger partial charge is 0.543 e. The van der Waals surface area contributed by atoms with Gasteiger partial charge in [-0.05, 0) is 89.6 Å². The first-order valence-corrected chi connectivity index (χ1v) is 28.0. The summed E-state index contributed by atoms with van der Waals surface area (Å²) in [5.74, 6) is 3.04. The molecule has 9 nitrogen and oxygen atoms in total. The first-order valence-electron chi connectivity index (χ1n) is 23.7. The first-order chi connectivity index (χ1) is 30.1. The van der Waals surface area contributed by atoms with Crippen LogP contribution in [0.3, 0.4) is 0 Å². The number of hydrazine groups is 1. The van der Waals surface area contributed by atoms with Gasteiger partial charge in [0.05, 0.1) is 28.6 Å². The van der Waals surface area contributed by atoms with Crippen LogP contribution in [0, 0.1) is 23.1 Å². The molecule has 3 fully saturated rings. The molecule has 64 heavy (non-hydrogen) atoms. The molecule has 7 rings (SSSR count). The fourth-order valence-corrected chi connectivity index (χ4v) is 22.6. The van der Waals surface area contributed by atoms with Gasteiger partial charge in [0.2, 0.25) is 0 Å². The van der Waals surface area contributed by atoms with Gasteiger partial charge in [0.25, 0.3) is 8.32 Å². The number of fused-ring (bicyclic) bond motifs is 3. The van der Waals surface area contributed by atoms with Crippen LogP contribution in [0.4, 0.5) is 19.0 Å². The van der Waals surface area contributed by atoms with Crippen molar-refractivity contribution < 1.29 is 27.4 Å². The van der Waals surface area contributed by atoms with Crippen molar-refractivity contribution in [2.24, 2.45) is 0 Å². The van der Waals surface area contributed by atoms with Gasteiger partial charge in [0.15, 0.2) is 11.6 Å². The first kappa shape index (κ1) is 48.2. The van der Waals surface area contributed by atoms with E-state index in [1.165, 1.54) is 6.07 Å². The van der Waals surface area contributed by atoms with Crippen molar-refractivity contribution in [3.8, 4) is 34.5 Å². The van der Waals surface area contributed by atoms with E-state index in [2.05, 4.69) is 105 Å². The minimum absolute atomic E-state index is 0.0339. The van der Waals surface area contributed by atoms with Gasteiger partial charge in [0.1, 0.15) is 43.6 Å². The van der Waals surface area contributed by atoms with Crippen LogP contribution < -0.4 is 19.6 Å². The average molecular weight is 917 g/mol. The lowest BCUT2D eigenvalue weighted by molar-refractivity contribution is 0.0412. The topological polar surface area (TPSA) is 95.9 Å². The van der Waals surface area contributed by atoms with Gasteiger partial charge in [-0.15, -0.1) is 5.54 Å². The minimum atomic E-state index is -2.53. The molecule has 4 aromatic rings. The Hall–Kier alpha value is -3.75. The molecule has 0 radical (unpaired) electrons. The predicted octanol–water partition coefficient (Wildman–Crippen LogP) is 11.7. The molecule has 5 heterocycles. The van der Waals surface area contributed by atoms with Crippen LogP contribution in [0.5, 0.6) is 11.8 Å². The zero-order valence-electron chi connectivity index (χ0n) is 40.4. The Morgan fingerprint density at radius 2 is 1.59 bits per heavy atom. The molecule has 0 amide bonds. The highest BCUT2D eigenvalue weighted by molar-refractivity contribution is 6.90. The quantitative estimate of drug-likeness (QED) is 0.100. The summed E-state index contributed by atoms with van der Waals surface area (Å²) < 4.78 is 63.1. The van der Waals surface area contributed by atoms with Gasteiger partial charge in [0, 0.05) is 36.7 Å². The van der Waals surface area contributed by atoms with E-state index >= 15 is 8.78 Å². The molecular formula is C50H71F3N6O3Si2. The summed E-state index contributed by atoms with van der Waals surface area (Å²) in [7, 11) is -4.86. The van der Waals surface area contributed by atoms with Crippen molar-refractivity contribution >= 4 is 43.9 Å². The maximum atomic E-state index is 18.0. The third-order valence-corrected chi connectivity index (χ3v) is 27.5. The van der Waals surface area contributed by atoms with E-state index in [-0.39, 0.29) is 52.6 Å². The lowest BCUT2D eigenvalue weighted by Crippen LogP contribution is -2.55. The number of aromatic nitrogens is 3. The Kier molecular flexibility index (Phi) is 13.7. The van der Waals surface area contributed by atoms with E-state index in [0.717, 1.165) is 19.4 Å². The second kappa shape index (κ2) is 18.2. The van der Waals surface area contributed by atoms with Gasteiger partial charge in [-0.1, -0.05) is 95.1 Å². The zero-order valence-corrected chi connectivity index (χ0v) is 42.4. The standard InChI is InChI=1S/C50H71F3N6O3Si2/c1-30(2)63(31(3)4,32(5)6)22-17-39-42(52)16-15-36-23-38(62-64(33(7)8,34(9)10)35(11)12)24-40(43(36)39)45-44(53)46-41(26-54-45)47(59-28-49(13,60)19-20-55-59)57-48(56-46)61-29-50-18-14-21-58(50)27-37(51)25-50/h15-16,23-24,26,30-35,37,55,60H,14,18-21,25,27-29H2,1-13H3/t37-,49?,50+/m1/s1. The number of aliphatic hydroxyl groups is 1. The maximum Gasteiger partial charge on any atom is 0.319 e. The lowest BCUT2D eigenvalue weighted by atomic mass is 9.95. The molecule has 3 aliphatic heterocycles. The van der Waals surface area contributed by atoms with E-state index in [4.69, 9.17) is 24.1 Å². The second-order valence-corrected chi connectivity index (χ2v) is 32.1. The molecule has 1 unspecified atom stereocenters. The molecule has 3 aliphatic rings. The van der Waals surface area contributed by atoms with Crippen LogP contribution >= 0.6 is 0 Å². The number of hydrogen-bond donors (Lipinski definition) is 2. The Morgan fingerprint density at radius 1 is 0.922 bits per heavy atom.